The Morgan fingerprint density at radius 1 is 1.33 bits per heavy atom. The minimum Gasteiger partial charge on any atom is -0.289 e. The van der Waals surface area contributed by atoms with E-state index in [-0.39, 0.29) is 5.78 Å². The zero-order valence-corrected chi connectivity index (χ0v) is 11.6. The Labute approximate surface area is 110 Å². The highest BCUT2D eigenvalue weighted by molar-refractivity contribution is 7.83. The average molecular weight is 263 g/mol. The third-order valence-corrected chi connectivity index (χ3v) is 3.47. The molecule has 0 aliphatic heterocycles. The SMILES string of the molecule is C/C=C\C(=C/C)C(=O)c1cccc(S(=O)NC)c1. The van der Waals surface area contributed by atoms with Gasteiger partial charge in [0.2, 0.25) is 0 Å². The Morgan fingerprint density at radius 3 is 2.61 bits per heavy atom. The largest absolute Gasteiger partial charge is 0.289 e. The second-order valence-corrected chi connectivity index (χ2v) is 4.99. The smallest absolute Gasteiger partial charge is 0.192 e. The first kappa shape index (κ1) is 14.5. The quantitative estimate of drug-likeness (QED) is 0.504. The standard InChI is InChI=1S/C14H17NO2S/c1-4-7-11(5-2)14(16)12-8-6-9-13(10-12)18(17)15-3/h4-10,15H,1-3H3/b7-4-,11-5+. The van der Waals surface area contributed by atoms with E-state index in [1.165, 1.54) is 0 Å². The molecule has 1 atom stereocenters. The summed E-state index contributed by atoms with van der Waals surface area (Å²) in [6.07, 6.45) is 5.36. The number of allylic oxidation sites excluding steroid dienone is 4. The van der Waals surface area contributed by atoms with Gasteiger partial charge in [-0.2, -0.15) is 0 Å². The van der Waals surface area contributed by atoms with Crippen LogP contribution in [0.1, 0.15) is 24.2 Å². The van der Waals surface area contributed by atoms with Gasteiger partial charge >= 0.3 is 0 Å². The number of Topliss-reactive ketones (excluding diaryl/α,β-unsaturated/α-hetero) is 1. The normalized spacial score (nSPS) is 13.8. The summed E-state index contributed by atoms with van der Waals surface area (Å²) in [6.45, 7) is 3.69. The second kappa shape index (κ2) is 7.03. The number of carbonyl (C=O) groups excluding carboxylic acids is 1. The average Bonchev–Trinajstić information content (AvgIpc) is 2.43. The molecule has 1 unspecified atom stereocenters. The maximum absolute atomic E-state index is 12.2. The summed E-state index contributed by atoms with van der Waals surface area (Å²) in [5.41, 5.74) is 1.17. The third kappa shape index (κ3) is 3.48. The highest BCUT2D eigenvalue weighted by atomic mass is 32.2. The van der Waals surface area contributed by atoms with Gasteiger partial charge in [0, 0.05) is 11.1 Å². The number of carbonyl (C=O) groups is 1. The van der Waals surface area contributed by atoms with Crippen molar-refractivity contribution in [3.63, 3.8) is 0 Å². The minimum absolute atomic E-state index is 0.0643. The summed E-state index contributed by atoms with van der Waals surface area (Å²) < 4.78 is 14.3. The van der Waals surface area contributed by atoms with Gasteiger partial charge in [0.1, 0.15) is 11.0 Å². The molecule has 0 saturated heterocycles. The monoisotopic (exact) mass is 263 g/mol. The topological polar surface area (TPSA) is 46.2 Å². The van der Waals surface area contributed by atoms with Gasteiger partial charge in [-0.05, 0) is 33.0 Å². The van der Waals surface area contributed by atoms with Crippen LogP contribution < -0.4 is 4.72 Å². The van der Waals surface area contributed by atoms with Gasteiger partial charge in [-0.3, -0.25) is 4.79 Å². The van der Waals surface area contributed by atoms with E-state index < -0.39 is 11.0 Å². The lowest BCUT2D eigenvalue weighted by Gasteiger charge is -2.04. The number of benzene rings is 1. The molecule has 0 saturated carbocycles. The zero-order valence-electron chi connectivity index (χ0n) is 10.8. The van der Waals surface area contributed by atoms with Crippen LogP contribution in [0, 0.1) is 0 Å². The van der Waals surface area contributed by atoms with Gasteiger partial charge in [0.25, 0.3) is 0 Å². The molecule has 0 aromatic heterocycles. The predicted octanol–water partition coefficient (Wildman–Crippen LogP) is 2.63. The molecule has 1 rings (SSSR count). The van der Waals surface area contributed by atoms with Gasteiger partial charge < -0.3 is 0 Å². The molecule has 0 aliphatic rings. The van der Waals surface area contributed by atoms with Crippen LogP contribution in [0.25, 0.3) is 0 Å². The lowest BCUT2D eigenvalue weighted by molar-refractivity contribution is 0.103. The summed E-state index contributed by atoms with van der Waals surface area (Å²) in [6, 6.07) is 6.85. The molecule has 18 heavy (non-hydrogen) atoms. The molecule has 1 N–H and O–H groups in total. The van der Waals surface area contributed by atoms with Crippen molar-refractivity contribution in [1.29, 1.82) is 0 Å². The van der Waals surface area contributed by atoms with Crippen molar-refractivity contribution in [2.24, 2.45) is 0 Å². The zero-order chi connectivity index (χ0) is 13.5. The Balaban J connectivity index is 3.11. The molecule has 3 nitrogen and oxygen atoms in total. The van der Waals surface area contributed by atoms with Crippen LogP contribution in [0.4, 0.5) is 0 Å². The first-order chi connectivity index (χ1) is 8.63. The Kier molecular flexibility index (Phi) is 5.68. The van der Waals surface area contributed by atoms with E-state index in [9.17, 15) is 9.00 Å². The molecule has 0 spiro atoms. The summed E-state index contributed by atoms with van der Waals surface area (Å²) >= 11 is 0. The van der Waals surface area contributed by atoms with Crippen molar-refractivity contribution in [2.75, 3.05) is 7.05 Å². The maximum atomic E-state index is 12.2. The minimum atomic E-state index is -1.28. The number of nitrogens with one attached hydrogen (secondary N) is 1. The molecule has 0 aliphatic carbocycles. The van der Waals surface area contributed by atoms with E-state index in [1.807, 2.05) is 19.9 Å². The highest BCUT2D eigenvalue weighted by Gasteiger charge is 2.11. The van der Waals surface area contributed by atoms with Crippen molar-refractivity contribution in [1.82, 2.24) is 4.72 Å². The molecule has 1 aromatic rings. The van der Waals surface area contributed by atoms with Gasteiger partial charge in [0.05, 0.1) is 4.90 Å². The van der Waals surface area contributed by atoms with Gasteiger partial charge in [-0.1, -0.05) is 30.4 Å². The van der Waals surface area contributed by atoms with Gasteiger partial charge in [0.15, 0.2) is 5.78 Å². The number of ketones is 1. The van der Waals surface area contributed by atoms with Crippen LogP contribution in [0.15, 0.2) is 53.0 Å². The molecule has 0 radical (unpaired) electrons. The first-order valence-electron chi connectivity index (χ1n) is 5.67. The molecule has 1 aromatic carbocycles. The molecular formula is C14H17NO2S. The summed E-state index contributed by atoms with van der Waals surface area (Å²) in [5.74, 6) is -0.0643. The molecule has 0 heterocycles. The van der Waals surface area contributed by atoms with E-state index >= 15 is 0 Å². The molecule has 0 bridgehead atoms. The lowest BCUT2D eigenvalue weighted by Crippen LogP contribution is -2.11. The van der Waals surface area contributed by atoms with Crippen molar-refractivity contribution in [3.05, 3.63) is 53.6 Å². The van der Waals surface area contributed by atoms with Crippen molar-refractivity contribution in [2.45, 2.75) is 18.7 Å². The number of hydrogen-bond donors (Lipinski definition) is 1. The second-order valence-electron chi connectivity index (χ2n) is 3.57. The van der Waals surface area contributed by atoms with Crippen LogP contribution in [-0.4, -0.2) is 17.0 Å². The van der Waals surface area contributed by atoms with Crippen molar-refractivity contribution in [3.8, 4) is 0 Å². The van der Waals surface area contributed by atoms with Crippen LogP contribution in [0.5, 0.6) is 0 Å². The van der Waals surface area contributed by atoms with E-state index in [0.29, 0.717) is 16.0 Å². The van der Waals surface area contributed by atoms with Crippen molar-refractivity contribution < 1.29 is 9.00 Å². The van der Waals surface area contributed by atoms with Gasteiger partial charge in [-0.15, -0.1) is 0 Å². The molecule has 4 heteroatoms. The predicted molar refractivity (Wildman–Crippen MR) is 74.8 cm³/mol. The Hall–Kier alpha value is -1.52. The fourth-order valence-corrected chi connectivity index (χ4v) is 2.19. The lowest BCUT2D eigenvalue weighted by atomic mass is 10.0. The van der Waals surface area contributed by atoms with Crippen LogP contribution in [-0.2, 0) is 11.0 Å². The fraction of sp³-hybridized carbons (Fsp3) is 0.214. The fourth-order valence-electron chi connectivity index (χ4n) is 1.52. The van der Waals surface area contributed by atoms with Crippen LogP contribution >= 0.6 is 0 Å². The van der Waals surface area contributed by atoms with E-state index in [1.54, 1.807) is 43.5 Å². The van der Waals surface area contributed by atoms with E-state index in [0.717, 1.165) is 0 Å². The Bertz CT molecular complexity index is 518. The van der Waals surface area contributed by atoms with E-state index in [4.69, 9.17) is 0 Å². The molecule has 0 amide bonds. The summed E-state index contributed by atoms with van der Waals surface area (Å²) in [7, 11) is 0.337. The number of hydrogen-bond acceptors (Lipinski definition) is 2. The molecule has 96 valence electrons. The summed E-state index contributed by atoms with van der Waals surface area (Å²) in [4.78, 5) is 12.8. The van der Waals surface area contributed by atoms with Gasteiger partial charge in [-0.25, -0.2) is 8.93 Å². The van der Waals surface area contributed by atoms with Crippen LogP contribution in [0.3, 0.4) is 0 Å². The van der Waals surface area contributed by atoms with E-state index in [2.05, 4.69) is 4.72 Å². The third-order valence-electron chi connectivity index (χ3n) is 2.42. The Morgan fingerprint density at radius 2 is 2.06 bits per heavy atom. The molecular weight excluding hydrogens is 246 g/mol. The number of rotatable bonds is 5. The maximum Gasteiger partial charge on any atom is 0.192 e. The van der Waals surface area contributed by atoms with Crippen molar-refractivity contribution >= 4 is 16.8 Å². The first-order valence-corrected chi connectivity index (χ1v) is 6.82. The van der Waals surface area contributed by atoms with Crippen LogP contribution in [0.2, 0.25) is 0 Å². The molecule has 0 fully saturated rings. The highest BCUT2D eigenvalue weighted by Crippen LogP contribution is 2.13. The summed E-state index contributed by atoms with van der Waals surface area (Å²) in [5, 5.41) is 0.